The molecular formula is C20H23N3O4S. The largest absolute Gasteiger partial charge is 0.326 e. The van der Waals surface area contributed by atoms with Crippen molar-refractivity contribution in [1.82, 2.24) is 0 Å². The van der Waals surface area contributed by atoms with E-state index < -0.39 is 10.2 Å². The number of amides is 2. The van der Waals surface area contributed by atoms with Gasteiger partial charge in [-0.2, -0.15) is 0 Å². The molecule has 0 bridgehead atoms. The minimum absolute atomic E-state index is 0.0448. The number of carbonyl (C=O) groups excluding carboxylic acids is 2. The van der Waals surface area contributed by atoms with Crippen LogP contribution in [0, 0.1) is 17.0 Å². The summed E-state index contributed by atoms with van der Waals surface area (Å²) in [6.45, 7) is 5.48. The van der Waals surface area contributed by atoms with Crippen LogP contribution in [0.1, 0.15) is 32.3 Å². The average molecular weight is 401 g/mol. The molecule has 0 aromatic heterocycles. The Balaban J connectivity index is 2.04. The first kappa shape index (κ1) is 21.4. The van der Waals surface area contributed by atoms with Crippen molar-refractivity contribution >= 4 is 40.6 Å². The average Bonchev–Trinajstić information content (AvgIpc) is 2.63. The second kappa shape index (κ2) is 9.89. The van der Waals surface area contributed by atoms with Crippen molar-refractivity contribution in [3.8, 4) is 0 Å². The Bertz CT molecular complexity index is 886. The zero-order valence-electron chi connectivity index (χ0n) is 16.0. The van der Waals surface area contributed by atoms with E-state index in [2.05, 4.69) is 10.6 Å². The van der Waals surface area contributed by atoms with Gasteiger partial charge in [-0.05, 0) is 44.0 Å². The van der Waals surface area contributed by atoms with Crippen molar-refractivity contribution in [3.63, 3.8) is 0 Å². The summed E-state index contributed by atoms with van der Waals surface area (Å²) in [5.41, 5.74) is 1.78. The molecule has 2 amide bonds. The van der Waals surface area contributed by atoms with E-state index in [9.17, 15) is 19.7 Å². The molecule has 28 heavy (non-hydrogen) atoms. The molecule has 7 nitrogen and oxygen atoms in total. The Hall–Kier alpha value is -2.87. The number of thioether (sulfide) groups is 1. The topological polar surface area (TPSA) is 101 Å². The number of rotatable bonds is 8. The number of non-ortho nitro benzene ring substituents is 1. The number of nitrogens with one attached hydrogen (secondary N) is 2. The van der Waals surface area contributed by atoms with Crippen molar-refractivity contribution in [1.29, 1.82) is 0 Å². The van der Waals surface area contributed by atoms with E-state index in [4.69, 9.17) is 0 Å². The van der Waals surface area contributed by atoms with Crippen molar-refractivity contribution in [2.24, 2.45) is 0 Å². The molecule has 148 valence electrons. The van der Waals surface area contributed by atoms with Gasteiger partial charge >= 0.3 is 0 Å². The zero-order chi connectivity index (χ0) is 20.7. The van der Waals surface area contributed by atoms with Gasteiger partial charge in [0.05, 0.1) is 15.9 Å². The Labute approximate surface area is 168 Å². The van der Waals surface area contributed by atoms with Crippen LogP contribution in [0.5, 0.6) is 0 Å². The van der Waals surface area contributed by atoms with Crippen LogP contribution >= 0.6 is 11.8 Å². The lowest BCUT2D eigenvalue weighted by molar-refractivity contribution is -0.384. The second-order valence-corrected chi connectivity index (χ2v) is 7.75. The molecule has 2 rings (SSSR count). The third-order valence-corrected chi connectivity index (χ3v) is 5.06. The maximum Gasteiger partial charge on any atom is 0.271 e. The summed E-state index contributed by atoms with van der Waals surface area (Å²) < 4.78 is 0. The SMILES string of the molecule is CCCC(=O)Nc1cccc(SC(C)C(=O)Nc2cc([N+](=O)[O-])ccc2C)c1. The van der Waals surface area contributed by atoms with E-state index in [1.165, 1.54) is 23.9 Å². The van der Waals surface area contributed by atoms with Gasteiger partial charge < -0.3 is 10.6 Å². The molecule has 0 radical (unpaired) electrons. The summed E-state index contributed by atoms with van der Waals surface area (Å²) >= 11 is 1.34. The fourth-order valence-corrected chi connectivity index (χ4v) is 3.37. The fourth-order valence-electron chi connectivity index (χ4n) is 2.45. The number of nitro groups is 1. The van der Waals surface area contributed by atoms with Crippen LogP contribution in [0.2, 0.25) is 0 Å². The Morgan fingerprint density at radius 3 is 2.61 bits per heavy atom. The number of benzene rings is 2. The molecule has 1 unspecified atom stereocenters. The highest BCUT2D eigenvalue weighted by atomic mass is 32.2. The molecule has 1 atom stereocenters. The minimum atomic E-state index is -0.494. The highest BCUT2D eigenvalue weighted by Crippen LogP contribution is 2.28. The number of carbonyl (C=O) groups is 2. The van der Waals surface area contributed by atoms with Gasteiger partial charge in [-0.3, -0.25) is 19.7 Å². The summed E-state index contributed by atoms with van der Waals surface area (Å²) in [5.74, 6) is -0.300. The summed E-state index contributed by atoms with van der Waals surface area (Å²) in [7, 11) is 0. The first-order chi connectivity index (χ1) is 13.3. The molecular weight excluding hydrogens is 378 g/mol. The lowest BCUT2D eigenvalue weighted by atomic mass is 10.2. The summed E-state index contributed by atoms with van der Waals surface area (Å²) in [6.07, 6.45) is 1.23. The lowest BCUT2D eigenvalue weighted by Gasteiger charge is -2.14. The fraction of sp³-hybridized carbons (Fsp3) is 0.300. The second-order valence-electron chi connectivity index (χ2n) is 6.33. The van der Waals surface area contributed by atoms with E-state index in [1.54, 1.807) is 26.0 Å². The maximum absolute atomic E-state index is 12.5. The Morgan fingerprint density at radius 1 is 1.18 bits per heavy atom. The molecule has 0 aliphatic rings. The Kier molecular flexibility index (Phi) is 7.57. The molecule has 0 aliphatic carbocycles. The molecule has 0 aliphatic heterocycles. The summed E-state index contributed by atoms with van der Waals surface area (Å²) in [4.78, 5) is 35.5. The normalized spacial score (nSPS) is 11.5. The van der Waals surface area contributed by atoms with Gasteiger partial charge in [0.15, 0.2) is 0 Å². The number of hydrogen-bond acceptors (Lipinski definition) is 5. The minimum Gasteiger partial charge on any atom is -0.326 e. The molecule has 0 saturated heterocycles. The van der Waals surface area contributed by atoms with Gasteiger partial charge in [-0.1, -0.05) is 19.1 Å². The van der Waals surface area contributed by atoms with E-state index in [-0.39, 0.29) is 17.5 Å². The molecule has 8 heteroatoms. The molecule has 0 heterocycles. The predicted octanol–water partition coefficient (Wildman–Crippen LogP) is 4.76. The summed E-state index contributed by atoms with van der Waals surface area (Å²) in [5, 5.41) is 16.1. The van der Waals surface area contributed by atoms with Gasteiger partial charge in [0.25, 0.3) is 5.69 Å². The molecule has 2 aromatic rings. The van der Waals surface area contributed by atoms with Crippen LogP contribution < -0.4 is 10.6 Å². The van der Waals surface area contributed by atoms with Crippen molar-refractivity contribution < 1.29 is 14.5 Å². The highest BCUT2D eigenvalue weighted by molar-refractivity contribution is 8.00. The van der Waals surface area contributed by atoms with Gasteiger partial charge in [0, 0.05) is 29.1 Å². The third-order valence-electron chi connectivity index (χ3n) is 3.97. The van der Waals surface area contributed by atoms with Crippen molar-refractivity contribution in [2.75, 3.05) is 10.6 Å². The van der Waals surface area contributed by atoms with Crippen molar-refractivity contribution in [3.05, 3.63) is 58.1 Å². The van der Waals surface area contributed by atoms with E-state index in [0.29, 0.717) is 17.8 Å². The molecule has 0 saturated carbocycles. The predicted molar refractivity (Wildman–Crippen MR) is 112 cm³/mol. The lowest BCUT2D eigenvalue weighted by Crippen LogP contribution is -2.22. The number of nitrogens with zero attached hydrogens (tertiary/aromatic N) is 1. The quantitative estimate of drug-likeness (QED) is 0.377. The first-order valence-corrected chi connectivity index (χ1v) is 9.80. The van der Waals surface area contributed by atoms with Gasteiger partial charge in [0.1, 0.15) is 0 Å². The molecule has 2 N–H and O–H groups in total. The monoisotopic (exact) mass is 401 g/mol. The van der Waals surface area contributed by atoms with Gasteiger partial charge in [-0.15, -0.1) is 11.8 Å². The Morgan fingerprint density at radius 2 is 1.93 bits per heavy atom. The highest BCUT2D eigenvalue weighted by Gasteiger charge is 2.17. The first-order valence-electron chi connectivity index (χ1n) is 8.92. The molecule has 0 spiro atoms. The van der Waals surface area contributed by atoms with Crippen LogP contribution in [0.3, 0.4) is 0 Å². The van der Waals surface area contributed by atoms with Crippen molar-refractivity contribution in [2.45, 2.75) is 43.8 Å². The van der Waals surface area contributed by atoms with Crippen LogP contribution in [0.25, 0.3) is 0 Å². The number of anilines is 2. The van der Waals surface area contributed by atoms with E-state index >= 15 is 0 Å². The summed E-state index contributed by atoms with van der Waals surface area (Å²) in [6, 6.07) is 11.7. The van der Waals surface area contributed by atoms with Gasteiger partial charge in [0.2, 0.25) is 11.8 Å². The van der Waals surface area contributed by atoms with E-state index in [0.717, 1.165) is 16.9 Å². The molecule has 0 fully saturated rings. The number of nitro benzene ring substituents is 1. The standard InChI is InChI=1S/C20H23N3O4S/c1-4-6-19(24)21-15-7-5-8-17(11-15)28-14(3)20(25)22-18-12-16(23(26)27)10-9-13(18)2/h5,7-12,14H,4,6H2,1-3H3,(H,21,24)(H,22,25). The van der Waals surface area contributed by atoms with Gasteiger partial charge in [-0.25, -0.2) is 0 Å². The van der Waals surface area contributed by atoms with Crippen LogP contribution in [0.15, 0.2) is 47.4 Å². The van der Waals surface area contributed by atoms with Crippen LogP contribution in [-0.4, -0.2) is 22.0 Å². The smallest absolute Gasteiger partial charge is 0.271 e. The maximum atomic E-state index is 12.5. The third kappa shape index (κ3) is 6.09. The molecule has 2 aromatic carbocycles. The van der Waals surface area contributed by atoms with Crippen LogP contribution in [-0.2, 0) is 9.59 Å². The van der Waals surface area contributed by atoms with E-state index in [1.807, 2.05) is 25.1 Å². The number of hydrogen-bond donors (Lipinski definition) is 2. The van der Waals surface area contributed by atoms with Crippen LogP contribution in [0.4, 0.5) is 17.1 Å². The zero-order valence-corrected chi connectivity index (χ0v) is 16.8. The number of aryl methyl sites for hydroxylation is 1.